The number of hydrogen-bond donors (Lipinski definition) is 0. The van der Waals surface area contributed by atoms with E-state index >= 15 is 0 Å². The van der Waals surface area contributed by atoms with Crippen LogP contribution in [0.5, 0.6) is 0 Å². The largest absolute Gasteiger partial charge is 0.0654 e. The molecule has 0 aromatic heterocycles. The fourth-order valence-electron chi connectivity index (χ4n) is 7.41. The van der Waals surface area contributed by atoms with E-state index in [1.165, 1.54) is 256 Å². The lowest BCUT2D eigenvalue weighted by Crippen LogP contribution is -1.86. The van der Waals surface area contributed by atoms with Crippen LogP contribution in [0.25, 0.3) is 0 Å². The van der Waals surface area contributed by atoms with E-state index in [-0.39, 0.29) is 0 Å². The normalized spacial score (nSPS) is 11.5. The van der Waals surface area contributed by atoms with Crippen LogP contribution in [0, 0.1) is 0 Å². The predicted octanol–water partition coefficient (Wildman–Crippen LogP) is 17.1. The summed E-state index contributed by atoms with van der Waals surface area (Å²) >= 11 is 0. The minimum absolute atomic E-state index is 1.26. The first-order valence-electron chi connectivity index (χ1n) is 22.0. The quantitative estimate of drug-likeness (QED) is 0.0629. The zero-order valence-corrected chi connectivity index (χ0v) is 32.0. The molecule has 0 nitrogen and oxygen atoms in total. The third-order valence-corrected chi connectivity index (χ3v) is 10.7. The summed E-state index contributed by atoms with van der Waals surface area (Å²) in [4.78, 5) is 0. The van der Waals surface area contributed by atoms with E-state index in [4.69, 9.17) is 0 Å². The third kappa shape index (κ3) is 34.6. The molecule has 0 spiro atoms. The Kier molecular flexibility index (Phi) is 36.3. The van der Waals surface area contributed by atoms with Gasteiger partial charge in [-0.3, -0.25) is 0 Å². The van der Waals surface area contributed by atoms with Crippen LogP contribution >= 0.6 is 0 Å². The lowest BCUT2D eigenvalue weighted by molar-refractivity contribution is 0.510. The molecule has 0 aliphatic rings. The molecular weight excluding hydrogens is 553 g/mol. The summed E-state index contributed by atoms with van der Waals surface area (Å²) in [6.07, 6.45) is 57.4. The molecule has 0 unspecified atom stereocenters. The van der Waals surface area contributed by atoms with Crippen LogP contribution < -0.4 is 0 Å². The standard InChI is InChI=1S/C46H86/c1-2-3-4-5-6-7-8-9-10-11-12-13-14-15-16-17-18-19-20-21-22-23-24-25-26-27-28-29-30-31-32-33-34-35-36-37-38-40-43-46-44-41-39-42-45-46/h39,41-42,44-45H,2-38,40,43H2,1H3. The van der Waals surface area contributed by atoms with Gasteiger partial charge in [-0.1, -0.05) is 275 Å². The van der Waals surface area contributed by atoms with Gasteiger partial charge >= 0.3 is 0 Å². The van der Waals surface area contributed by atoms with Gasteiger partial charge in [0.25, 0.3) is 0 Å². The molecule has 46 heavy (non-hydrogen) atoms. The van der Waals surface area contributed by atoms with Crippen LogP contribution in [0.1, 0.15) is 256 Å². The molecule has 0 bridgehead atoms. The number of hydrogen-bond acceptors (Lipinski definition) is 0. The van der Waals surface area contributed by atoms with E-state index in [0.717, 1.165) is 0 Å². The second-order valence-electron chi connectivity index (χ2n) is 15.3. The fourth-order valence-corrected chi connectivity index (χ4v) is 7.41. The van der Waals surface area contributed by atoms with E-state index in [0.29, 0.717) is 0 Å². The van der Waals surface area contributed by atoms with Gasteiger partial charge in [0, 0.05) is 0 Å². The van der Waals surface area contributed by atoms with Gasteiger partial charge in [0.05, 0.1) is 0 Å². The number of rotatable bonds is 39. The third-order valence-electron chi connectivity index (χ3n) is 10.7. The minimum Gasteiger partial charge on any atom is -0.0654 e. The molecule has 0 aliphatic heterocycles. The van der Waals surface area contributed by atoms with Crippen molar-refractivity contribution in [2.45, 2.75) is 257 Å². The van der Waals surface area contributed by atoms with Gasteiger partial charge in [0.15, 0.2) is 0 Å². The van der Waals surface area contributed by atoms with Crippen LogP contribution in [0.3, 0.4) is 0 Å². The van der Waals surface area contributed by atoms with Crippen LogP contribution in [0.2, 0.25) is 0 Å². The zero-order chi connectivity index (χ0) is 32.7. The Morgan fingerprint density at radius 3 is 0.652 bits per heavy atom. The number of unbranched alkanes of at least 4 members (excludes halogenated alkanes) is 37. The van der Waals surface area contributed by atoms with Crippen molar-refractivity contribution >= 4 is 0 Å². The first-order chi connectivity index (χ1) is 22.9. The number of benzene rings is 1. The maximum atomic E-state index is 2.31. The van der Waals surface area contributed by atoms with E-state index in [9.17, 15) is 0 Å². The first kappa shape index (κ1) is 43.2. The summed E-state index contributed by atoms with van der Waals surface area (Å²) in [7, 11) is 0. The summed E-state index contributed by atoms with van der Waals surface area (Å²) in [5, 5.41) is 0. The maximum Gasteiger partial charge on any atom is -0.0279 e. The average Bonchev–Trinajstić information content (AvgIpc) is 3.08. The highest BCUT2D eigenvalue weighted by atomic mass is 14.0. The van der Waals surface area contributed by atoms with Crippen LogP contribution in [-0.2, 0) is 6.42 Å². The molecule has 0 aliphatic carbocycles. The van der Waals surface area contributed by atoms with Gasteiger partial charge < -0.3 is 0 Å². The summed E-state index contributed by atoms with van der Waals surface area (Å²) < 4.78 is 0. The average molecular weight is 639 g/mol. The summed E-state index contributed by atoms with van der Waals surface area (Å²) in [6, 6.07) is 11.0. The lowest BCUT2D eigenvalue weighted by Gasteiger charge is -2.05. The van der Waals surface area contributed by atoms with Gasteiger partial charge in [-0.2, -0.15) is 0 Å². The fraction of sp³-hybridized carbons (Fsp3) is 0.870. The van der Waals surface area contributed by atoms with Crippen molar-refractivity contribution in [3.8, 4) is 0 Å². The molecule has 1 aromatic carbocycles. The Balaban J connectivity index is 1.61. The second-order valence-corrected chi connectivity index (χ2v) is 15.3. The highest BCUT2D eigenvalue weighted by Gasteiger charge is 1.98. The molecule has 0 heteroatoms. The van der Waals surface area contributed by atoms with Crippen molar-refractivity contribution in [1.82, 2.24) is 0 Å². The first-order valence-corrected chi connectivity index (χ1v) is 22.0. The Hall–Kier alpha value is -0.780. The molecule has 0 saturated heterocycles. The van der Waals surface area contributed by atoms with Crippen molar-refractivity contribution in [2.75, 3.05) is 0 Å². The van der Waals surface area contributed by atoms with Gasteiger partial charge in [-0.25, -0.2) is 0 Å². The van der Waals surface area contributed by atoms with Crippen molar-refractivity contribution in [2.24, 2.45) is 0 Å². The second kappa shape index (κ2) is 38.7. The topological polar surface area (TPSA) is 0 Å². The van der Waals surface area contributed by atoms with Crippen molar-refractivity contribution in [3.63, 3.8) is 0 Å². The smallest absolute Gasteiger partial charge is 0.0279 e. The predicted molar refractivity (Wildman–Crippen MR) is 211 cm³/mol. The molecule has 1 rings (SSSR count). The van der Waals surface area contributed by atoms with Crippen LogP contribution in [0.4, 0.5) is 0 Å². The molecule has 0 saturated carbocycles. The molecule has 0 radical (unpaired) electrons. The molecule has 0 amide bonds. The lowest BCUT2D eigenvalue weighted by atomic mass is 10.0. The van der Waals surface area contributed by atoms with Gasteiger partial charge in [-0.05, 0) is 18.4 Å². The molecule has 0 fully saturated rings. The molecule has 270 valence electrons. The van der Waals surface area contributed by atoms with Gasteiger partial charge in [0.2, 0.25) is 0 Å². The minimum atomic E-state index is 1.26. The van der Waals surface area contributed by atoms with Crippen molar-refractivity contribution in [3.05, 3.63) is 35.9 Å². The molecule has 0 N–H and O–H groups in total. The Bertz CT molecular complexity index is 647. The van der Waals surface area contributed by atoms with Gasteiger partial charge in [0.1, 0.15) is 0 Å². The highest BCUT2D eigenvalue weighted by molar-refractivity contribution is 5.14. The SMILES string of the molecule is CCCCCCCCCCCCCCCCCCCCCCCCCCCCCCCCCCCCCCCCc1ccccc1. The summed E-state index contributed by atoms with van der Waals surface area (Å²) in [6.45, 7) is 2.31. The van der Waals surface area contributed by atoms with Crippen molar-refractivity contribution in [1.29, 1.82) is 0 Å². The Morgan fingerprint density at radius 1 is 0.239 bits per heavy atom. The zero-order valence-electron chi connectivity index (χ0n) is 32.0. The highest BCUT2D eigenvalue weighted by Crippen LogP contribution is 2.18. The van der Waals surface area contributed by atoms with Crippen molar-refractivity contribution < 1.29 is 0 Å². The van der Waals surface area contributed by atoms with Crippen LogP contribution in [0.15, 0.2) is 30.3 Å². The van der Waals surface area contributed by atoms with E-state index in [1.54, 1.807) is 0 Å². The summed E-state index contributed by atoms with van der Waals surface area (Å²) in [5.74, 6) is 0. The maximum absolute atomic E-state index is 2.31. The summed E-state index contributed by atoms with van der Waals surface area (Å²) in [5.41, 5.74) is 1.51. The number of aryl methyl sites for hydroxylation is 1. The molecule has 1 aromatic rings. The van der Waals surface area contributed by atoms with E-state index < -0.39 is 0 Å². The van der Waals surface area contributed by atoms with E-state index in [1.807, 2.05) is 0 Å². The van der Waals surface area contributed by atoms with Crippen LogP contribution in [-0.4, -0.2) is 0 Å². The Morgan fingerprint density at radius 2 is 0.435 bits per heavy atom. The molecular formula is C46H86. The monoisotopic (exact) mass is 639 g/mol. The molecule has 0 heterocycles. The van der Waals surface area contributed by atoms with E-state index in [2.05, 4.69) is 37.3 Å². The Labute approximate surface area is 292 Å². The molecule has 0 atom stereocenters. The van der Waals surface area contributed by atoms with Gasteiger partial charge in [-0.15, -0.1) is 0 Å².